The minimum atomic E-state index is -0.501. The van der Waals surface area contributed by atoms with Gasteiger partial charge in [0.15, 0.2) is 5.49 Å². The van der Waals surface area contributed by atoms with Gasteiger partial charge in [0.25, 0.3) is 5.69 Å². The summed E-state index contributed by atoms with van der Waals surface area (Å²) in [5.74, 6) is 0. The highest BCUT2D eigenvalue weighted by Gasteiger charge is 2.16. The number of nitro groups is 1. The maximum Gasteiger partial charge on any atom is 0.295 e. The van der Waals surface area contributed by atoms with E-state index in [1.165, 1.54) is 10.7 Å². The Morgan fingerprint density at radius 1 is 1.10 bits per heavy atom. The fourth-order valence-corrected chi connectivity index (χ4v) is 1.98. The first-order valence-electron chi connectivity index (χ1n) is 5.81. The van der Waals surface area contributed by atoms with Crippen molar-refractivity contribution in [2.24, 2.45) is 0 Å². The van der Waals surface area contributed by atoms with E-state index in [-0.39, 0.29) is 16.9 Å². The van der Waals surface area contributed by atoms with Gasteiger partial charge in [-0.05, 0) is 18.2 Å². The standard InChI is InChI=1S/C13H9N5O2/c14-13-9-5-1-2-6-10(9)15-16-17(13)11-7-3-4-8-12(11)18(19)20/h1-8,14H. The minimum absolute atomic E-state index is 0.0601. The molecule has 0 atom stereocenters. The molecule has 0 saturated carbocycles. The van der Waals surface area contributed by atoms with Crippen LogP contribution in [0.2, 0.25) is 0 Å². The normalized spacial score (nSPS) is 10.6. The van der Waals surface area contributed by atoms with Crippen LogP contribution in [-0.4, -0.2) is 19.9 Å². The van der Waals surface area contributed by atoms with Crippen molar-refractivity contribution < 1.29 is 4.92 Å². The SMILES string of the molecule is N=c1c2ccccc2nnn1-c1ccccc1[N+](=O)[O-]. The zero-order valence-electron chi connectivity index (χ0n) is 10.2. The Balaban J connectivity index is 2.34. The highest BCUT2D eigenvalue weighted by atomic mass is 16.6. The number of rotatable bonds is 2. The van der Waals surface area contributed by atoms with Gasteiger partial charge in [0, 0.05) is 11.5 Å². The molecule has 0 saturated heterocycles. The van der Waals surface area contributed by atoms with Gasteiger partial charge in [0.1, 0.15) is 5.69 Å². The Bertz CT molecular complexity index is 872. The highest BCUT2D eigenvalue weighted by molar-refractivity contribution is 5.76. The summed E-state index contributed by atoms with van der Waals surface area (Å²) in [5.41, 5.74) is 0.744. The number of nitrogens with zero attached hydrogens (tertiary/aromatic N) is 4. The predicted molar refractivity (Wildman–Crippen MR) is 71.4 cm³/mol. The quantitative estimate of drug-likeness (QED) is 0.565. The second-order valence-corrected chi connectivity index (χ2v) is 4.11. The predicted octanol–water partition coefficient (Wildman–Crippen LogP) is 1.81. The van der Waals surface area contributed by atoms with Crippen LogP contribution in [0.1, 0.15) is 0 Å². The van der Waals surface area contributed by atoms with Gasteiger partial charge < -0.3 is 0 Å². The van der Waals surface area contributed by atoms with Gasteiger partial charge in [-0.15, -0.1) is 5.10 Å². The van der Waals surface area contributed by atoms with Gasteiger partial charge in [0.05, 0.1) is 10.4 Å². The number of nitrogens with one attached hydrogen (secondary N) is 1. The molecule has 0 aliphatic heterocycles. The Kier molecular flexibility index (Phi) is 2.72. The van der Waals surface area contributed by atoms with Crippen molar-refractivity contribution in [2.75, 3.05) is 0 Å². The smallest absolute Gasteiger partial charge is 0.282 e. The number of hydrogen-bond donors (Lipinski definition) is 1. The molecule has 0 spiro atoms. The molecule has 7 heteroatoms. The average molecular weight is 267 g/mol. The molecule has 0 aliphatic rings. The summed E-state index contributed by atoms with van der Waals surface area (Å²) < 4.78 is 1.17. The summed E-state index contributed by atoms with van der Waals surface area (Å²) >= 11 is 0. The summed E-state index contributed by atoms with van der Waals surface area (Å²) in [7, 11) is 0. The van der Waals surface area contributed by atoms with Crippen molar-refractivity contribution in [1.29, 1.82) is 5.41 Å². The molecular weight excluding hydrogens is 258 g/mol. The summed E-state index contributed by atoms with van der Waals surface area (Å²) in [6, 6.07) is 13.2. The van der Waals surface area contributed by atoms with Crippen molar-refractivity contribution in [3.8, 4) is 5.69 Å². The van der Waals surface area contributed by atoms with E-state index in [0.717, 1.165) is 0 Å². The Morgan fingerprint density at radius 3 is 2.60 bits per heavy atom. The topological polar surface area (TPSA) is 97.7 Å². The molecule has 0 bridgehead atoms. The van der Waals surface area contributed by atoms with E-state index in [1.807, 2.05) is 0 Å². The lowest BCUT2D eigenvalue weighted by Gasteiger charge is -2.06. The molecule has 0 radical (unpaired) electrons. The van der Waals surface area contributed by atoms with Crippen LogP contribution in [0.15, 0.2) is 48.5 Å². The molecule has 0 aliphatic carbocycles. The van der Waals surface area contributed by atoms with Crippen molar-refractivity contribution in [3.05, 3.63) is 64.1 Å². The zero-order valence-corrected chi connectivity index (χ0v) is 10.2. The molecule has 3 rings (SSSR count). The van der Waals surface area contributed by atoms with Crippen molar-refractivity contribution in [1.82, 2.24) is 15.0 Å². The van der Waals surface area contributed by atoms with E-state index in [0.29, 0.717) is 10.9 Å². The largest absolute Gasteiger partial charge is 0.295 e. The fourth-order valence-electron chi connectivity index (χ4n) is 1.98. The molecule has 7 nitrogen and oxygen atoms in total. The van der Waals surface area contributed by atoms with Crippen LogP contribution in [-0.2, 0) is 0 Å². The monoisotopic (exact) mass is 267 g/mol. The third kappa shape index (κ3) is 1.81. The molecule has 0 fully saturated rings. The number of fused-ring (bicyclic) bond motifs is 1. The Morgan fingerprint density at radius 2 is 1.80 bits per heavy atom. The molecule has 3 aromatic rings. The van der Waals surface area contributed by atoms with Crippen molar-refractivity contribution in [3.63, 3.8) is 0 Å². The van der Waals surface area contributed by atoms with Crippen LogP contribution in [0.25, 0.3) is 16.6 Å². The lowest BCUT2D eigenvalue weighted by atomic mass is 10.2. The number of benzene rings is 2. The molecule has 1 N–H and O–H groups in total. The molecule has 0 amide bonds. The first-order chi connectivity index (χ1) is 9.68. The van der Waals surface area contributed by atoms with E-state index in [9.17, 15) is 10.1 Å². The molecule has 1 aromatic heterocycles. The molecule has 98 valence electrons. The van der Waals surface area contributed by atoms with E-state index in [2.05, 4.69) is 10.3 Å². The third-order valence-electron chi connectivity index (χ3n) is 2.92. The van der Waals surface area contributed by atoms with Crippen LogP contribution < -0.4 is 5.49 Å². The third-order valence-corrected chi connectivity index (χ3v) is 2.92. The van der Waals surface area contributed by atoms with Gasteiger partial charge in [-0.1, -0.05) is 29.5 Å². The van der Waals surface area contributed by atoms with Crippen LogP contribution in [0.5, 0.6) is 0 Å². The lowest BCUT2D eigenvalue weighted by molar-refractivity contribution is -0.384. The summed E-state index contributed by atoms with van der Waals surface area (Å²) in [6.45, 7) is 0. The van der Waals surface area contributed by atoms with Crippen LogP contribution in [0.3, 0.4) is 0 Å². The zero-order chi connectivity index (χ0) is 14.1. The van der Waals surface area contributed by atoms with Crippen molar-refractivity contribution >= 4 is 16.6 Å². The Hall–Kier alpha value is -3.09. The van der Waals surface area contributed by atoms with Gasteiger partial charge in [0.2, 0.25) is 0 Å². The van der Waals surface area contributed by atoms with Crippen molar-refractivity contribution in [2.45, 2.75) is 0 Å². The molecular formula is C13H9N5O2. The van der Waals surface area contributed by atoms with E-state index < -0.39 is 4.92 Å². The maximum absolute atomic E-state index is 11.1. The van der Waals surface area contributed by atoms with Crippen LogP contribution in [0, 0.1) is 15.5 Å². The van der Waals surface area contributed by atoms with E-state index in [1.54, 1.807) is 42.5 Å². The summed E-state index contributed by atoms with van der Waals surface area (Å²) in [6.07, 6.45) is 0. The lowest BCUT2D eigenvalue weighted by Crippen LogP contribution is -2.23. The summed E-state index contributed by atoms with van der Waals surface area (Å²) in [5, 5.41) is 27.7. The first kappa shape index (κ1) is 12.0. The number of para-hydroxylation sites is 2. The summed E-state index contributed by atoms with van der Waals surface area (Å²) in [4.78, 5) is 10.6. The van der Waals surface area contributed by atoms with Gasteiger partial charge in [-0.3, -0.25) is 15.5 Å². The second-order valence-electron chi connectivity index (χ2n) is 4.11. The molecule has 2 aromatic carbocycles. The van der Waals surface area contributed by atoms with Gasteiger partial charge in [-0.25, -0.2) is 0 Å². The minimum Gasteiger partial charge on any atom is -0.282 e. The number of hydrogen-bond acceptors (Lipinski definition) is 5. The maximum atomic E-state index is 11.1. The number of nitro benzene ring substituents is 1. The van der Waals surface area contributed by atoms with E-state index in [4.69, 9.17) is 5.41 Å². The molecule has 1 heterocycles. The number of aromatic nitrogens is 3. The van der Waals surface area contributed by atoms with Crippen LogP contribution >= 0.6 is 0 Å². The van der Waals surface area contributed by atoms with Gasteiger partial charge in [-0.2, -0.15) is 4.68 Å². The highest BCUT2D eigenvalue weighted by Crippen LogP contribution is 2.20. The molecule has 0 unspecified atom stereocenters. The Labute approximate surface area is 112 Å². The first-order valence-corrected chi connectivity index (χ1v) is 5.81. The van der Waals surface area contributed by atoms with Gasteiger partial charge >= 0.3 is 0 Å². The van der Waals surface area contributed by atoms with Crippen LogP contribution in [0.4, 0.5) is 5.69 Å². The van der Waals surface area contributed by atoms with E-state index >= 15 is 0 Å². The fraction of sp³-hybridized carbons (Fsp3) is 0. The average Bonchev–Trinajstić information content (AvgIpc) is 2.48. The second kappa shape index (κ2) is 4.54. The molecule has 20 heavy (non-hydrogen) atoms.